The molecule has 25 heavy (non-hydrogen) atoms. The van der Waals surface area contributed by atoms with Gasteiger partial charge in [-0.05, 0) is 31.0 Å². The molecule has 1 aromatic rings. The van der Waals surface area contributed by atoms with Crippen LogP contribution in [0.2, 0.25) is 10.0 Å². The van der Waals surface area contributed by atoms with Crippen molar-refractivity contribution in [2.24, 2.45) is 5.92 Å². The first-order chi connectivity index (χ1) is 11.8. The Hall–Kier alpha value is -1.79. The minimum atomic E-state index is -0.310. The second kappa shape index (κ2) is 8.54. The van der Waals surface area contributed by atoms with Crippen molar-refractivity contribution >= 4 is 46.6 Å². The van der Waals surface area contributed by atoms with E-state index in [2.05, 4.69) is 5.32 Å². The molecule has 2 rings (SSSR count). The van der Waals surface area contributed by atoms with Crippen molar-refractivity contribution in [3.05, 3.63) is 28.2 Å². The molecule has 0 bridgehead atoms. The normalized spacial score (nSPS) is 15.0. The molecule has 1 aliphatic heterocycles. The van der Waals surface area contributed by atoms with Gasteiger partial charge in [-0.25, -0.2) is 0 Å². The SMILES string of the molecule is CC(=O)N1CCC(C(=O)N(C)CC(=O)Nc2ccc(Cl)c(Cl)c2)CC1. The summed E-state index contributed by atoms with van der Waals surface area (Å²) >= 11 is 11.8. The first-order valence-electron chi connectivity index (χ1n) is 8.03. The number of carbonyl (C=O) groups excluding carboxylic acids is 3. The third-order valence-corrected chi connectivity index (χ3v) is 4.99. The van der Waals surface area contributed by atoms with Crippen LogP contribution in [0, 0.1) is 5.92 Å². The van der Waals surface area contributed by atoms with E-state index in [0.29, 0.717) is 41.7 Å². The standard InChI is InChI=1S/C17H21Cl2N3O3/c1-11(23)22-7-5-12(6-8-22)17(25)21(2)10-16(24)20-13-3-4-14(18)15(19)9-13/h3-4,9,12H,5-8,10H2,1-2H3,(H,20,24). The van der Waals surface area contributed by atoms with E-state index >= 15 is 0 Å². The number of halogens is 2. The predicted molar refractivity (Wildman–Crippen MR) is 97.7 cm³/mol. The number of nitrogens with one attached hydrogen (secondary N) is 1. The van der Waals surface area contributed by atoms with E-state index in [9.17, 15) is 14.4 Å². The van der Waals surface area contributed by atoms with E-state index in [4.69, 9.17) is 23.2 Å². The highest BCUT2D eigenvalue weighted by Crippen LogP contribution is 2.25. The third kappa shape index (κ3) is 5.34. The molecular formula is C17H21Cl2N3O3. The van der Waals surface area contributed by atoms with Crippen LogP contribution in [0.1, 0.15) is 19.8 Å². The Morgan fingerprint density at radius 3 is 2.40 bits per heavy atom. The van der Waals surface area contributed by atoms with E-state index in [1.807, 2.05) is 0 Å². The minimum absolute atomic E-state index is 0.0280. The molecule has 0 atom stereocenters. The van der Waals surface area contributed by atoms with Gasteiger partial charge in [0.05, 0.1) is 16.6 Å². The van der Waals surface area contributed by atoms with Gasteiger partial charge in [-0.1, -0.05) is 23.2 Å². The number of likely N-dealkylation sites (N-methyl/N-ethyl adjacent to an activating group) is 1. The molecule has 0 saturated carbocycles. The zero-order valence-electron chi connectivity index (χ0n) is 14.2. The molecule has 1 fully saturated rings. The van der Waals surface area contributed by atoms with Crippen molar-refractivity contribution in [1.82, 2.24) is 9.80 Å². The second-order valence-electron chi connectivity index (χ2n) is 6.15. The molecule has 6 nitrogen and oxygen atoms in total. The van der Waals surface area contributed by atoms with Crippen molar-refractivity contribution in [3.8, 4) is 0 Å². The molecule has 3 amide bonds. The Morgan fingerprint density at radius 1 is 1.20 bits per heavy atom. The predicted octanol–water partition coefficient (Wildman–Crippen LogP) is 2.65. The Labute approximate surface area is 157 Å². The number of rotatable bonds is 4. The minimum Gasteiger partial charge on any atom is -0.343 e. The van der Waals surface area contributed by atoms with Gasteiger partial charge in [0, 0.05) is 38.7 Å². The summed E-state index contributed by atoms with van der Waals surface area (Å²) in [6.07, 6.45) is 1.24. The maximum atomic E-state index is 12.5. The monoisotopic (exact) mass is 385 g/mol. The van der Waals surface area contributed by atoms with Crippen LogP contribution in [0.3, 0.4) is 0 Å². The van der Waals surface area contributed by atoms with Gasteiger partial charge in [0.1, 0.15) is 0 Å². The van der Waals surface area contributed by atoms with Crippen molar-refractivity contribution in [3.63, 3.8) is 0 Å². The largest absolute Gasteiger partial charge is 0.343 e. The highest BCUT2D eigenvalue weighted by molar-refractivity contribution is 6.42. The fourth-order valence-electron chi connectivity index (χ4n) is 2.82. The number of carbonyl (C=O) groups is 3. The van der Waals surface area contributed by atoms with Crippen molar-refractivity contribution in [2.75, 3.05) is 32.0 Å². The fraction of sp³-hybridized carbons (Fsp3) is 0.471. The third-order valence-electron chi connectivity index (χ3n) is 4.25. The van der Waals surface area contributed by atoms with Crippen LogP contribution in [0.15, 0.2) is 18.2 Å². The zero-order chi connectivity index (χ0) is 18.6. The van der Waals surface area contributed by atoms with Crippen LogP contribution < -0.4 is 5.32 Å². The average Bonchev–Trinajstić information content (AvgIpc) is 2.57. The average molecular weight is 386 g/mol. The smallest absolute Gasteiger partial charge is 0.243 e. The Morgan fingerprint density at radius 2 is 1.84 bits per heavy atom. The molecule has 0 unspecified atom stereocenters. The van der Waals surface area contributed by atoms with Crippen LogP contribution >= 0.6 is 23.2 Å². The van der Waals surface area contributed by atoms with Gasteiger partial charge in [-0.2, -0.15) is 0 Å². The summed E-state index contributed by atoms with van der Waals surface area (Å²) in [4.78, 5) is 39.1. The van der Waals surface area contributed by atoms with Crippen LogP contribution in [-0.2, 0) is 14.4 Å². The number of benzene rings is 1. The highest BCUT2D eigenvalue weighted by atomic mass is 35.5. The number of nitrogens with zero attached hydrogens (tertiary/aromatic N) is 2. The lowest BCUT2D eigenvalue weighted by Crippen LogP contribution is -2.44. The Bertz CT molecular complexity index is 673. The Kier molecular flexibility index (Phi) is 6.67. The summed E-state index contributed by atoms with van der Waals surface area (Å²) in [6.45, 7) is 2.64. The van der Waals surface area contributed by atoms with Crippen molar-refractivity contribution < 1.29 is 14.4 Å². The number of piperidine rings is 1. The molecule has 0 spiro atoms. The molecule has 0 radical (unpaired) electrons. The van der Waals surface area contributed by atoms with E-state index in [-0.39, 0.29) is 30.2 Å². The van der Waals surface area contributed by atoms with Gasteiger partial charge >= 0.3 is 0 Å². The molecule has 0 aromatic heterocycles. The first kappa shape index (κ1) is 19.5. The summed E-state index contributed by atoms with van der Waals surface area (Å²) in [5.41, 5.74) is 0.523. The molecule has 1 heterocycles. The van der Waals surface area contributed by atoms with Crippen molar-refractivity contribution in [1.29, 1.82) is 0 Å². The Balaban J connectivity index is 1.85. The van der Waals surface area contributed by atoms with E-state index < -0.39 is 0 Å². The van der Waals surface area contributed by atoms with Crippen LogP contribution in [-0.4, -0.2) is 54.2 Å². The quantitative estimate of drug-likeness (QED) is 0.865. The summed E-state index contributed by atoms with van der Waals surface area (Å²) in [7, 11) is 1.61. The molecular weight excluding hydrogens is 365 g/mol. The first-order valence-corrected chi connectivity index (χ1v) is 8.79. The van der Waals surface area contributed by atoms with Gasteiger partial charge in [0.2, 0.25) is 17.7 Å². The topological polar surface area (TPSA) is 69.7 Å². The van der Waals surface area contributed by atoms with Gasteiger partial charge < -0.3 is 15.1 Å². The van der Waals surface area contributed by atoms with Crippen molar-refractivity contribution in [2.45, 2.75) is 19.8 Å². The van der Waals surface area contributed by atoms with Crippen LogP contribution in [0.4, 0.5) is 5.69 Å². The maximum Gasteiger partial charge on any atom is 0.243 e. The summed E-state index contributed by atoms with van der Waals surface area (Å²) < 4.78 is 0. The molecule has 1 N–H and O–H groups in total. The van der Waals surface area contributed by atoms with E-state index in [0.717, 1.165) is 0 Å². The van der Waals surface area contributed by atoms with Crippen LogP contribution in [0.25, 0.3) is 0 Å². The lowest BCUT2D eigenvalue weighted by atomic mass is 9.95. The van der Waals surface area contributed by atoms with Gasteiger partial charge in [0.15, 0.2) is 0 Å². The number of anilines is 1. The zero-order valence-corrected chi connectivity index (χ0v) is 15.7. The van der Waals surface area contributed by atoms with E-state index in [1.165, 1.54) is 11.8 Å². The van der Waals surface area contributed by atoms with Gasteiger partial charge in [0.25, 0.3) is 0 Å². The number of amides is 3. The van der Waals surface area contributed by atoms with E-state index in [1.54, 1.807) is 30.1 Å². The lowest BCUT2D eigenvalue weighted by molar-refractivity contribution is -0.140. The summed E-state index contributed by atoms with van der Waals surface area (Å²) in [5, 5.41) is 3.45. The van der Waals surface area contributed by atoms with Gasteiger partial charge in [-0.15, -0.1) is 0 Å². The summed E-state index contributed by atoms with van der Waals surface area (Å²) in [5.74, 6) is -0.512. The maximum absolute atomic E-state index is 12.5. The summed E-state index contributed by atoms with van der Waals surface area (Å²) in [6, 6.07) is 4.80. The molecule has 136 valence electrons. The highest BCUT2D eigenvalue weighted by Gasteiger charge is 2.28. The molecule has 1 saturated heterocycles. The molecule has 0 aliphatic carbocycles. The molecule has 8 heteroatoms. The lowest BCUT2D eigenvalue weighted by Gasteiger charge is -2.32. The second-order valence-corrected chi connectivity index (χ2v) is 6.97. The van der Waals surface area contributed by atoms with Crippen LogP contribution in [0.5, 0.6) is 0 Å². The number of hydrogen-bond acceptors (Lipinski definition) is 3. The number of likely N-dealkylation sites (tertiary alicyclic amines) is 1. The fourth-order valence-corrected chi connectivity index (χ4v) is 3.12. The number of hydrogen-bond donors (Lipinski definition) is 1. The molecule has 1 aliphatic rings. The van der Waals surface area contributed by atoms with Gasteiger partial charge in [-0.3, -0.25) is 14.4 Å². The molecule has 1 aromatic carbocycles.